The van der Waals surface area contributed by atoms with Crippen molar-refractivity contribution in [2.75, 3.05) is 48.9 Å². The van der Waals surface area contributed by atoms with Crippen molar-refractivity contribution >= 4 is 34.2 Å². The Balaban J connectivity index is 1.64. The maximum atomic E-state index is 12.7. The van der Waals surface area contributed by atoms with Crippen molar-refractivity contribution in [2.24, 2.45) is 4.99 Å². The van der Waals surface area contributed by atoms with E-state index >= 15 is 0 Å². The number of ketones is 1. The van der Waals surface area contributed by atoms with E-state index in [4.69, 9.17) is 10.2 Å². The van der Waals surface area contributed by atoms with Crippen molar-refractivity contribution in [3.63, 3.8) is 0 Å². The number of rotatable bonds is 18. The van der Waals surface area contributed by atoms with Crippen LogP contribution in [0.2, 0.25) is 0 Å². The number of hydrogen-bond donors (Lipinski definition) is 7. The number of allylic oxidation sites excluding steroid dienone is 2. The zero-order chi connectivity index (χ0) is 28.6. The van der Waals surface area contributed by atoms with Crippen LogP contribution in [0.5, 0.6) is 0 Å². The highest BCUT2D eigenvalue weighted by atomic mass is 16.3. The number of nitrogens with zero attached hydrogens (tertiary/aromatic N) is 1. The Bertz CT molecular complexity index is 1160. The van der Waals surface area contributed by atoms with Crippen molar-refractivity contribution in [2.45, 2.75) is 51.4 Å². The highest BCUT2D eigenvalue weighted by Gasteiger charge is 2.26. The zero-order valence-electron chi connectivity index (χ0n) is 23.0. The minimum absolute atomic E-state index is 0.147. The van der Waals surface area contributed by atoms with E-state index in [0.717, 1.165) is 81.9 Å². The van der Waals surface area contributed by atoms with Gasteiger partial charge in [-0.2, -0.15) is 0 Å². The van der Waals surface area contributed by atoms with Crippen molar-refractivity contribution in [3.8, 4) is 0 Å². The van der Waals surface area contributed by atoms with Gasteiger partial charge in [0.1, 0.15) is 11.5 Å². The fourth-order valence-corrected chi connectivity index (χ4v) is 4.35. The van der Waals surface area contributed by atoms with Gasteiger partial charge in [-0.25, -0.2) is 4.99 Å². The van der Waals surface area contributed by atoms with Gasteiger partial charge in [-0.15, -0.1) is 0 Å². The van der Waals surface area contributed by atoms with Crippen LogP contribution in [0.1, 0.15) is 51.4 Å². The number of hydrogen-bond acceptors (Lipinski definition) is 9. The zero-order valence-corrected chi connectivity index (χ0v) is 23.0. The standard InChI is InChI=1S/C31H42N4O5/c36-19-7-3-1-5-17-32-23-9-13-25(14-10-23)34-30-27(22-38)31(29(40)21-28(30)39)35-26-15-11-24(12-16-26)33-18-6-2-4-8-20-37/h9-16,21,32-34,36-38,40H,1-8,17-20,22H2. The number of benzene rings is 2. The molecule has 0 spiro atoms. The highest BCUT2D eigenvalue weighted by molar-refractivity contribution is 6.25. The molecule has 3 rings (SSSR count). The van der Waals surface area contributed by atoms with Gasteiger partial charge in [0.15, 0.2) is 0 Å². The number of carbonyl (C=O) groups is 1. The number of aliphatic hydroxyl groups is 4. The summed E-state index contributed by atoms with van der Waals surface area (Å²) in [6.07, 6.45) is 8.97. The Morgan fingerprint density at radius 2 is 1.15 bits per heavy atom. The lowest BCUT2D eigenvalue weighted by Crippen LogP contribution is -2.25. The van der Waals surface area contributed by atoms with Crippen LogP contribution < -0.4 is 16.0 Å². The topological polar surface area (TPSA) is 146 Å². The lowest BCUT2D eigenvalue weighted by Gasteiger charge is -2.20. The van der Waals surface area contributed by atoms with E-state index in [2.05, 4.69) is 20.9 Å². The summed E-state index contributed by atoms with van der Waals surface area (Å²) >= 11 is 0. The average Bonchev–Trinajstić information content (AvgIpc) is 2.96. The highest BCUT2D eigenvalue weighted by Crippen LogP contribution is 2.26. The van der Waals surface area contributed by atoms with Gasteiger partial charge in [0.25, 0.3) is 0 Å². The van der Waals surface area contributed by atoms with Gasteiger partial charge in [-0.3, -0.25) is 4.79 Å². The molecule has 2 aromatic rings. The molecule has 216 valence electrons. The molecule has 1 aliphatic carbocycles. The Morgan fingerprint density at radius 3 is 1.68 bits per heavy atom. The van der Waals surface area contributed by atoms with Gasteiger partial charge in [0, 0.05) is 55.0 Å². The van der Waals surface area contributed by atoms with E-state index in [9.17, 15) is 15.0 Å². The number of nitrogens with one attached hydrogen (secondary N) is 3. The number of anilines is 3. The maximum Gasteiger partial charge on any atom is 0.206 e. The largest absolute Gasteiger partial charge is 0.506 e. The third-order valence-electron chi connectivity index (χ3n) is 6.59. The quantitative estimate of drug-likeness (QED) is 0.101. The second-order valence-electron chi connectivity index (χ2n) is 9.74. The second kappa shape index (κ2) is 17.1. The van der Waals surface area contributed by atoms with Gasteiger partial charge in [-0.1, -0.05) is 25.7 Å². The second-order valence-corrected chi connectivity index (χ2v) is 9.74. The van der Waals surface area contributed by atoms with E-state index in [0.29, 0.717) is 11.4 Å². The summed E-state index contributed by atoms with van der Waals surface area (Å²) < 4.78 is 0. The molecule has 9 nitrogen and oxygen atoms in total. The van der Waals surface area contributed by atoms with Crippen molar-refractivity contribution < 1.29 is 25.2 Å². The lowest BCUT2D eigenvalue weighted by atomic mass is 9.97. The first-order valence-corrected chi connectivity index (χ1v) is 14.1. The maximum absolute atomic E-state index is 12.7. The average molecular weight is 551 g/mol. The van der Waals surface area contributed by atoms with E-state index in [1.165, 1.54) is 0 Å². The van der Waals surface area contributed by atoms with E-state index < -0.39 is 12.4 Å². The molecule has 0 atom stereocenters. The SMILES string of the molecule is O=C1C=C(O)C(=Nc2ccc(NCCCCCCO)cc2)C(CO)=C1Nc1ccc(NCCCCCCO)cc1. The molecule has 0 amide bonds. The smallest absolute Gasteiger partial charge is 0.206 e. The molecular formula is C31H42N4O5. The Kier molecular flexibility index (Phi) is 13.2. The van der Waals surface area contributed by atoms with Gasteiger partial charge < -0.3 is 36.4 Å². The number of aliphatic imine (C=N–C) groups is 1. The summed E-state index contributed by atoms with van der Waals surface area (Å²) in [6, 6.07) is 14.9. The Hall–Kier alpha value is -3.66. The summed E-state index contributed by atoms with van der Waals surface area (Å²) in [5.41, 5.74) is 3.69. The first-order valence-electron chi connectivity index (χ1n) is 14.1. The first kappa shape index (κ1) is 30.9. The van der Waals surface area contributed by atoms with Crippen LogP contribution in [0.3, 0.4) is 0 Å². The number of carbonyl (C=O) groups excluding carboxylic acids is 1. The lowest BCUT2D eigenvalue weighted by molar-refractivity contribution is -0.111. The minimum Gasteiger partial charge on any atom is -0.506 e. The fourth-order valence-electron chi connectivity index (χ4n) is 4.35. The van der Waals surface area contributed by atoms with Crippen molar-refractivity contribution in [1.82, 2.24) is 0 Å². The van der Waals surface area contributed by atoms with Crippen molar-refractivity contribution in [1.29, 1.82) is 0 Å². The molecule has 0 saturated heterocycles. The molecule has 0 unspecified atom stereocenters. The van der Waals surface area contributed by atoms with E-state index in [-0.39, 0.29) is 36.0 Å². The monoisotopic (exact) mass is 550 g/mol. The first-order chi connectivity index (χ1) is 19.5. The molecule has 9 heteroatoms. The van der Waals surface area contributed by atoms with E-state index in [1.807, 2.05) is 48.5 Å². The van der Waals surface area contributed by atoms with Gasteiger partial charge in [0.2, 0.25) is 5.78 Å². The predicted molar refractivity (Wildman–Crippen MR) is 162 cm³/mol. The third-order valence-corrected chi connectivity index (χ3v) is 6.59. The molecule has 0 saturated carbocycles. The third kappa shape index (κ3) is 9.82. The molecule has 2 aromatic carbocycles. The minimum atomic E-state index is -0.476. The predicted octanol–water partition coefficient (Wildman–Crippen LogP) is 5.07. The molecule has 7 N–H and O–H groups in total. The summed E-state index contributed by atoms with van der Waals surface area (Å²) in [4.78, 5) is 17.3. The molecule has 0 fully saturated rings. The van der Waals surface area contributed by atoms with Gasteiger partial charge in [-0.05, 0) is 74.2 Å². The molecule has 0 aliphatic heterocycles. The molecule has 0 radical (unpaired) electrons. The normalized spacial score (nSPS) is 14.4. The van der Waals surface area contributed by atoms with Crippen LogP contribution in [0.4, 0.5) is 22.7 Å². The molecule has 1 aliphatic rings. The van der Waals surface area contributed by atoms with E-state index in [1.54, 1.807) is 0 Å². The fraction of sp³-hybridized carbons (Fsp3) is 0.419. The van der Waals surface area contributed by atoms with Gasteiger partial charge >= 0.3 is 0 Å². The number of unbranched alkanes of at least 4 members (excludes halogenated alkanes) is 6. The van der Waals surface area contributed by atoms with Crippen LogP contribution in [0, 0.1) is 0 Å². The number of aliphatic hydroxyl groups excluding tert-OH is 4. The molecule has 40 heavy (non-hydrogen) atoms. The summed E-state index contributed by atoms with van der Waals surface area (Å²) in [5, 5.41) is 48.2. The molecule has 0 bridgehead atoms. The van der Waals surface area contributed by atoms with Crippen LogP contribution in [0.25, 0.3) is 0 Å². The summed E-state index contributed by atoms with van der Waals surface area (Å²) in [6.45, 7) is 1.67. The molecule has 0 aromatic heterocycles. The van der Waals surface area contributed by atoms with Crippen LogP contribution in [0.15, 0.2) is 76.6 Å². The van der Waals surface area contributed by atoms with Crippen LogP contribution in [-0.4, -0.2) is 64.8 Å². The van der Waals surface area contributed by atoms with Crippen LogP contribution in [-0.2, 0) is 4.79 Å². The molecular weight excluding hydrogens is 508 g/mol. The van der Waals surface area contributed by atoms with Crippen LogP contribution >= 0.6 is 0 Å². The molecule has 0 heterocycles. The van der Waals surface area contributed by atoms with Crippen molar-refractivity contribution in [3.05, 3.63) is 71.6 Å². The summed E-state index contributed by atoms with van der Waals surface area (Å²) in [7, 11) is 0. The Morgan fingerprint density at radius 1 is 0.650 bits per heavy atom. The summed E-state index contributed by atoms with van der Waals surface area (Å²) in [5.74, 6) is -0.729. The van der Waals surface area contributed by atoms with Gasteiger partial charge in [0.05, 0.1) is 18.0 Å². The Labute approximate surface area is 236 Å².